The Hall–Kier alpha value is -2.69. The molecule has 2 aromatic heterocycles. The number of rotatable bonds is 3. The van der Waals surface area contributed by atoms with Gasteiger partial charge in [0.05, 0.1) is 0 Å². The fraction of sp³-hybridized carbons (Fsp3) is 0.333. The third-order valence-corrected chi connectivity index (χ3v) is 5.10. The molecule has 2 N–H and O–H groups in total. The molecule has 1 aliphatic heterocycles. The average molecular weight is 387 g/mol. The number of thiophene rings is 1. The lowest BCUT2D eigenvalue weighted by atomic mass is 9.96. The highest BCUT2D eigenvalue weighted by molar-refractivity contribution is 7.19. The summed E-state index contributed by atoms with van der Waals surface area (Å²) in [5, 5.41) is 0.738. The Morgan fingerprint density at radius 1 is 1.42 bits per heavy atom. The van der Waals surface area contributed by atoms with Gasteiger partial charge in [-0.3, -0.25) is 14.7 Å². The molecule has 1 atom stereocenters. The highest BCUT2D eigenvalue weighted by Gasteiger charge is 2.55. The minimum atomic E-state index is -5.27. The van der Waals surface area contributed by atoms with Crippen molar-refractivity contribution in [2.45, 2.75) is 24.6 Å². The van der Waals surface area contributed by atoms with Gasteiger partial charge in [-0.15, -0.1) is 11.3 Å². The second-order valence-corrected chi connectivity index (χ2v) is 6.90. The molecule has 0 aliphatic carbocycles. The largest absolute Gasteiger partial charge is 0.490 e. The highest BCUT2D eigenvalue weighted by Crippen LogP contribution is 2.36. The summed E-state index contributed by atoms with van der Waals surface area (Å²) in [5.74, 6) is -3.54. The number of nitrogens with zero attached hydrogens (tertiary/aromatic N) is 2. The van der Waals surface area contributed by atoms with Crippen molar-refractivity contribution < 1.29 is 32.3 Å². The third-order valence-electron chi connectivity index (χ3n) is 3.99. The lowest BCUT2D eigenvalue weighted by molar-refractivity contribution is -0.213. The Morgan fingerprint density at radius 2 is 2.15 bits per heavy atom. The van der Waals surface area contributed by atoms with Crippen molar-refractivity contribution in [3.05, 3.63) is 29.4 Å². The van der Waals surface area contributed by atoms with Crippen LogP contribution in [0.5, 0.6) is 0 Å². The number of likely N-dealkylation sites (tertiary alicyclic amines) is 1. The van der Waals surface area contributed by atoms with E-state index in [4.69, 9.17) is 5.73 Å². The normalized spacial score (nSPS) is 20.6. The van der Waals surface area contributed by atoms with Crippen molar-refractivity contribution in [1.82, 2.24) is 9.88 Å². The van der Waals surface area contributed by atoms with Crippen LogP contribution in [0.3, 0.4) is 0 Å². The maximum Gasteiger partial charge on any atom is 0.490 e. The van der Waals surface area contributed by atoms with E-state index in [1.54, 1.807) is 24.5 Å². The molecular weight excluding hydrogens is 375 g/mol. The van der Waals surface area contributed by atoms with Gasteiger partial charge in [0.2, 0.25) is 0 Å². The van der Waals surface area contributed by atoms with Crippen molar-refractivity contribution in [2.75, 3.05) is 6.54 Å². The molecule has 3 heterocycles. The molecule has 26 heavy (non-hydrogen) atoms. The molecule has 3 rings (SSSR count). The first-order valence-corrected chi connectivity index (χ1v) is 8.18. The monoisotopic (exact) mass is 387 g/mol. The van der Waals surface area contributed by atoms with E-state index in [2.05, 4.69) is 9.72 Å². The first-order valence-electron chi connectivity index (χ1n) is 7.36. The van der Waals surface area contributed by atoms with Crippen LogP contribution in [0.2, 0.25) is 0 Å². The predicted molar refractivity (Wildman–Crippen MR) is 84.1 cm³/mol. The molecule has 1 saturated heterocycles. The van der Waals surface area contributed by atoms with Gasteiger partial charge in [-0.2, -0.15) is 13.2 Å². The SMILES string of the molecule is NC(=O)N1CC[C@@](Cc2cc3cnccc3s2)(OC(=O)C(F)(F)F)C1=O. The van der Waals surface area contributed by atoms with E-state index in [9.17, 15) is 27.6 Å². The lowest BCUT2D eigenvalue weighted by Gasteiger charge is -2.27. The fourth-order valence-electron chi connectivity index (χ4n) is 2.80. The first kappa shape index (κ1) is 18.1. The summed E-state index contributed by atoms with van der Waals surface area (Å²) in [5.41, 5.74) is 2.95. The molecule has 1 aliphatic rings. The van der Waals surface area contributed by atoms with Crippen molar-refractivity contribution in [3.8, 4) is 0 Å². The number of halogens is 3. The Labute approximate surface area is 148 Å². The van der Waals surface area contributed by atoms with Crippen molar-refractivity contribution in [2.24, 2.45) is 5.73 Å². The van der Waals surface area contributed by atoms with Crippen LogP contribution in [0.15, 0.2) is 24.5 Å². The number of ether oxygens (including phenoxy) is 1. The number of esters is 1. The summed E-state index contributed by atoms with van der Waals surface area (Å²) < 4.78 is 43.4. The van der Waals surface area contributed by atoms with Gasteiger partial charge in [-0.25, -0.2) is 9.59 Å². The molecule has 0 saturated carbocycles. The van der Waals surface area contributed by atoms with E-state index < -0.39 is 29.7 Å². The second-order valence-electron chi connectivity index (χ2n) is 5.73. The summed E-state index contributed by atoms with van der Waals surface area (Å²) in [4.78, 5) is 40.3. The van der Waals surface area contributed by atoms with Crippen LogP contribution < -0.4 is 5.73 Å². The summed E-state index contributed by atoms with van der Waals surface area (Å²) in [6.07, 6.45) is -2.72. The molecule has 2 aromatic rings. The van der Waals surface area contributed by atoms with Gasteiger partial charge < -0.3 is 10.5 Å². The van der Waals surface area contributed by atoms with Crippen molar-refractivity contribution >= 4 is 39.3 Å². The van der Waals surface area contributed by atoms with Crippen LogP contribution in [0.25, 0.3) is 10.1 Å². The lowest BCUT2D eigenvalue weighted by Crippen LogP contribution is -2.50. The topological polar surface area (TPSA) is 103 Å². The van der Waals surface area contributed by atoms with E-state index in [-0.39, 0.29) is 19.4 Å². The first-order chi connectivity index (χ1) is 12.1. The van der Waals surface area contributed by atoms with Crippen LogP contribution in [0, 0.1) is 0 Å². The molecule has 138 valence electrons. The van der Waals surface area contributed by atoms with E-state index in [1.807, 2.05) is 0 Å². The van der Waals surface area contributed by atoms with Crippen LogP contribution in [0.4, 0.5) is 18.0 Å². The zero-order valence-electron chi connectivity index (χ0n) is 13.1. The Balaban J connectivity index is 1.96. The quantitative estimate of drug-likeness (QED) is 0.812. The number of amides is 3. The minimum Gasteiger partial charge on any atom is -0.442 e. The van der Waals surface area contributed by atoms with Crippen molar-refractivity contribution in [1.29, 1.82) is 0 Å². The molecule has 1 fully saturated rings. The predicted octanol–water partition coefficient (Wildman–Crippen LogP) is 1.99. The fourth-order valence-corrected chi connectivity index (χ4v) is 3.93. The highest BCUT2D eigenvalue weighted by atomic mass is 32.1. The summed E-state index contributed by atoms with van der Waals surface area (Å²) in [6, 6.07) is 2.25. The zero-order chi connectivity index (χ0) is 19.1. The molecule has 7 nitrogen and oxygen atoms in total. The minimum absolute atomic E-state index is 0.230. The number of aromatic nitrogens is 1. The number of imide groups is 1. The number of hydrogen-bond donors (Lipinski definition) is 1. The number of alkyl halides is 3. The standard InChI is InChI=1S/C15H12F3N3O4S/c16-15(17,18)12(23)25-14(2-4-21(11(14)22)13(19)24)6-9-5-8-7-20-3-1-10(8)26-9/h1,3,5,7H,2,4,6H2,(H2,19,24)/t14-/m0/s1. The van der Waals surface area contributed by atoms with E-state index >= 15 is 0 Å². The molecule has 0 aromatic carbocycles. The Bertz CT molecular complexity index is 865. The molecule has 3 amide bonds. The summed E-state index contributed by atoms with van der Waals surface area (Å²) in [6.45, 7) is -0.230. The molecule has 0 spiro atoms. The number of urea groups is 1. The van der Waals surface area contributed by atoms with E-state index in [0.717, 1.165) is 10.1 Å². The van der Waals surface area contributed by atoms with E-state index in [0.29, 0.717) is 9.78 Å². The van der Waals surface area contributed by atoms with Gasteiger partial charge >= 0.3 is 18.2 Å². The number of nitrogens with two attached hydrogens (primary N) is 1. The van der Waals surface area contributed by atoms with Crippen LogP contribution in [0.1, 0.15) is 11.3 Å². The van der Waals surface area contributed by atoms with Gasteiger partial charge in [0, 0.05) is 46.7 Å². The number of carbonyl (C=O) groups excluding carboxylic acids is 3. The number of hydrogen-bond acceptors (Lipinski definition) is 6. The van der Waals surface area contributed by atoms with Crippen LogP contribution in [-0.2, 0) is 20.7 Å². The van der Waals surface area contributed by atoms with Crippen LogP contribution in [-0.4, -0.2) is 46.1 Å². The van der Waals surface area contributed by atoms with Gasteiger partial charge in [-0.05, 0) is 12.1 Å². The zero-order valence-corrected chi connectivity index (χ0v) is 13.9. The molecule has 0 bridgehead atoms. The third kappa shape index (κ3) is 3.21. The number of fused-ring (bicyclic) bond motifs is 1. The maximum atomic E-state index is 12.7. The number of primary amides is 1. The van der Waals surface area contributed by atoms with E-state index in [1.165, 1.54) is 11.3 Å². The summed E-state index contributed by atoms with van der Waals surface area (Å²) in [7, 11) is 0. The van der Waals surface area contributed by atoms with Gasteiger partial charge in [0.15, 0.2) is 5.60 Å². The van der Waals surface area contributed by atoms with Gasteiger partial charge in [-0.1, -0.05) is 0 Å². The number of pyridine rings is 1. The number of carbonyl (C=O) groups is 3. The molecule has 11 heteroatoms. The van der Waals surface area contributed by atoms with Gasteiger partial charge in [0.25, 0.3) is 5.91 Å². The van der Waals surface area contributed by atoms with Gasteiger partial charge in [0.1, 0.15) is 0 Å². The molecule has 0 unspecified atom stereocenters. The maximum absolute atomic E-state index is 12.7. The van der Waals surface area contributed by atoms with Crippen molar-refractivity contribution in [3.63, 3.8) is 0 Å². The smallest absolute Gasteiger partial charge is 0.442 e. The second kappa shape index (κ2) is 6.24. The van der Waals surface area contributed by atoms with Crippen LogP contribution >= 0.6 is 11.3 Å². The molecule has 0 radical (unpaired) electrons. The average Bonchev–Trinajstić information content (AvgIpc) is 3.08. The Kier molecular flexibility index (Phi) is 4.34. The Morgan fingerprint density at radius 3 is 2.73 bits per heavy atom. The molecular formula is C15H12F3N3O4S. The summed E-state index contributed by atoms with van der Waals surface area (Å²) >= 11 is 1.23.